The molecule has 0 amide bonds. The van der Waals surface area contributed by atoms with Crippen LogP contribution < -0.4 is 0 Å². The van der Waals surface area contributed by atoms with E-state index in [0.717, 1.165) is 43.2 Å². The van der Waals surface area contributed by atoms with Gasteiger partial charge < -0.3 is 5.11 Å². The van der Waals surface area contributed by atoms with Gasteiger partial charge in [-0.25, -0.2) is 4.98 Å². The van der Waals surface area contributed by atoms with Crippen LogP contribution in [0.3, 0.4) is 0 Å². The van der Waals surface area contributed by atoms with Crippen LogP contribution in [0.15, 0.2) is 72.9 Å². The minimum absolute atomic E-state index is 0.0327. The van der Waals surface area contributed by atoms with E-state index in [0.29, 0.717) is 0 Å². The van der Waals surface area contributed by atoms with E-state index >= 15 is 0 Å². The molecule has 0 unspecified atom stereocenters. The van der Waals surface area contributed by atoms with Gasteiger partial charge in [-0.05, 0) is 87.0 Å². The molecule has 0 radical (unpaired) electrons. The minimum atomic E-state index is -0.0454. The van der Waals surface area contributed by atoms with Crippen molar-refractivity contribution in [3.05, 3.63) is 89.6 Å². The summed E-state index contributed by atoms with van der Waals surface area (Å²) in [5, 5.41) is 11.4. The molecule has 0 saturated carbocycles. The third kappa shape index (κ3) is 5.55. The fraction of sp³-hybridized carbons (Fsp3) is 0.333. The van der Waals surface area contributed by atoms with Crippen molar-refractivity contribution in [1.29, 1.82) is 0 Å². The number of aromatic nitrogens is 2. The van der Waals surface area contributed by atoms with Crippen LogP contribution in [0.1, 0.15) is 79.0 Å². The Kier molecular flexibility index (Phi) is 6.90. The zero-order valence-electron chi connectivity index (χ0n) is 25.2. The van der Waals surface area contributed by atoms with Gasteiger partial charge in [-0.15, -0.1) is 11.3 Å². The lowest BCUT2D eigenvalue weighted by Crippen LogP contribution is -2.13. The molecular formula is C36H40N2OS. The van der Waals surface area contributed by atoms with E-state index in [1.165, 1.54) is 16.7 Å². The van der Waals surface area contributed by atoms with Crippen LogP contribution in [0.5, 0.6) is 5.75 Å². The average molecular weight is 549 g/mol. The molecule has 0 atom stereocenters. The summed E-state index contributed by atoms with van der Waals surface area (Å²) >= 11 is 1.64. The van der Waals surface area contributed by atoms with Crippen molar-refractivity contribution in [2.75, 3.05) is 0 Å². The SMILES string of the molecule is CC(C)(C)c1cc(-c2cc(C(C)(C)C)ccn2)cc(-c2cc(C(C)(C)C)cc3sc(-c4ccccc4O)nc23)c1. The summed E-state index contributed by atoms with van der Waals surface area (Å²) in [5.74, 6) is 0.251. The molecule has 0 aliphatic heterocycles. The molecule has 5 aromatic rings. The fourth-order valence-electron chi connectivity index (χ4n) is 4.87. The van der Waals surface area contributed by atoms with Gasteiger partial charge in [0.15, 0.2) is 0 Å². The van der Waals surface area contributed by atoms with Crippen molar-refractivity contribution in [3.8, 4) is 38.7 Å². The number of phenolic OH excluding ortho intramolecular Hbond substituents is 1. The zero-order valence-corrected chi connectivity index (χ0v) is 26.0. The number of rotatable bonds is 3. The maximum atomic E-state index is 10.6. The van der Waals surface area contributed by atoms with Crippen molar-refractivity contribution in [1.82, 2.24) is 9.97 Å². The summed E-state index contributed by atoms with van der Waals surface area (Å²) in [4.78, 5) is 9.94. The second kappa shape index (κ2) is 9.85. The van der Waals surface area contributed by atoms with Crippen LogP contribution in [0, 0.1) is 0 Å². The highest BCUT2D eigenvalue weighted by Gasteiger charge is 2.23. The Labute approximate surface area is 243 Å². The van der Waals surface area contributed by atoms with Gasteiger partial charge in [0, 0.05) is 17.3 Å². The highest BCUT2D eigenvalue weighted by molar-refractivity contribution is 7.21. The van der Waals surface area contributed by atoms with Crippen LogP contribution in [0.2, 0.25) is 0 Å². The van der Waals surface area contributed by atoms with Gasteiger partial charge in [0.05, 0.1) is 21.5 Å². The number of fused-ring (bicyclic) bond motifs is 1. The number of hydrogen-bond acceptors (Lipinski definition) is 4. The van der Waals surface area contributed by atoms with Gasteiger partial charge in [0.1, 0.15) is 10.8 Å². The summed E-state index contributed by atoms with van der Waals surface area (Å²) < 4.78 is 1.12. The molecule has 0 bridgehead atoms. The average Bonchev–Trinajstić information content (AvgIpc) is 3.31. The Bertz CT molecular complexity index is 1710. The molecule has 2 heterocycles. The Morgan fingerprint density at radius 1 is 0.625 bits per heavy atom. The van der Waals surface area contributed by atoms with Crippen LogP contribution in [-0.4, -0.2) is 15.1 Å². The van der Waals surface area contributed by atoms with Crippen LogP contribution in [0.25, 0.3) is 43.2 Å². The first-order valence-corrected chi connectivity index (χ1v) is 14.8. The molecule has 206 valence electrons. The molecule has 40 heavy (non-hydrogen) atoms. The largest absolute Gasteiger partial charge is 0.507 e. The summed E-state index contributed by atoms with van der Waals surface area (Å²) in [5.41, 5.74) is 9.81. The van der Waals surface area contributed by atoms with E-state index in [1.807, 2.05) is 24.4 Å². The zero-order chi connectivity index (χ0) is 29.0. The summed E-state index contributed by atoms with van der Waals surface area (Å²) in [6.45, 7) is 20.2. The van der Waals surface area contributed by atoms with Gasteiger partial charge in [0.2, 0.25) is 0 Å². The molecule has 0 fully saturated rings. The highest BCUT2D eigenvalue weighted by atomic mass is 32.1. The number of para-hydroxylation sites is 1. The summed E-state index contributed by atoms with van der Waals surface area (Å²) in [7, 11) is 0. The van der Waals surface area contributed by atoms with Gasteiger partial charge in [-0.2, -0.15) is 0 Å². The Morgan fingerprint density at radius 3 is 1.90 bits per heavy atom. The van der Waals surface area contributed by atoms with Gasteiger partial charge >= 0.3 is 0 Å². The molecule has 1 N–H and O–H groups in total. The Morgan fingerprint density at radius 2 is 1.25 bits per heavy atom. The lowest BCUT2D eigenvalue weighted by Gasteiger charge is -2.24. The van der Waals surface area contributed by atoms with Crippen molar-refractivity contribution >= 4 is 21.6 Å². The number of hydrogen-bond donors (Lipinski definition) is 1. The van der Waals surface area contributed by atoms with E-state index in [4.69, 9.17) is 9.97 Å². The van der Waals surface area contributed by atoms with Crippen LogP contribution >= 0.6 is 11.3 Å². The van der Waals surface area contributed by atoms with Crippen molar-refractivity contribution in [2.24, 2.45) is 0 Å². The van der Waals surface area contributed by atoms with E-state index in [2.05, 4.69) is 105 Å². The maximum Gasteiger partial charge on any atom is 0.128 e. The van der Waals surface area contributed by atoms with Crippen molar-refractivity contribution in [2.45, 2.75) is 78.6 Å². The smallest absolute Gasteiger partial charge is 0.128 e. The van der Waals surface area contributed by atoms with E-state index < -0.39 is 0 Å². The first kappa shape index (κ1) is 28.0. The topological polar surface area (TPSA) is 46.0 Å². The normalized spacial score (nSPS) is 12.7. The molecule has 5 rings (SSSR count). The predicted molar refractivity (Wildman–Crippen MR) is 171 cm³/mol. The monoisotopic (exact) mass is 548 g/mol. The fourth-order valence-corrected chi connectivity index (χ4v) is 5.94. The first-order chi connectivity index (χ1) is 18.6. The Balaban J connectivity index is 1.80. The molecule has 0 saturated heterocycles. The van der Waals surface area contributed by atoms with Crippen molar-refractivity contribution in [3.63, 3.8) is 0 Å². The second-order valence-corrected chi connectivity index (χ2v) is 14.9. The van der Waals surface area contributed by atoms with Crippen LogP contribution in [0.4, 0.5) is 0 Å². The quantitative estimate of drug-likeness (QED) is 0.244. The Hall–Kier alpha value is -3.50. The molecule has 0 aliphatic rings. The molecule has 2 aromatic heterocycles. The first-order valence-electron chi connectivity index (χ1n) is 14.0. The van der Waals surface area contributed by atoms with E-state index in [-0.39, 0.29) is 22.0 Å². The number of thiazole rings is 1. The third-order valence-corrected chi connectivity index (χ3v) is 8.56. The number of aromatic hydroxyl groups is 1. The minimum Gasteiger partial charge on any atom is -0.507 e. The summed E-state index contributed by atoms with van der Waals surface area (Å²) in [6.07, 6.45) is 1.93. The standard InChI is InChI=1S/C36H40N2OS/c1-34(2,3)24-14-15-37-29(20-24)23-16-22(17-25(18-23)35(4,5)6)28-19-26(36(7,8)9)21-31-32(28)38-33(40-31)27-12-10-11-13-30(27)39/h10-21,39H,1-9H3. The molecule has 0 spiro atoms. The van der Waals surface area contributed by atoms with Crippen LogP contribution in [-0.2, 0) is 16.2 Å². The molecule has 4 heteroatoms. The van der Waals surface area contributed by atoms with Gasteiger partial charge in [-0.3, -0.25) is 4.98 Å². The molecule has 3 nitrogen and oxygen atoms in total. The molecule has 3 aromatic carbocycles. The maximum absolute atomic E-state index is 10.6. The molecular weight excluding hydrogens is 508 g/mol. The number of nitrogens with zero attached hydrogens (tertiary/aromatic N) is 2. The highest BCUT2D eigenvalue weighted by Crippen LogP contribution is 2.43. The number of pyridine rings is 1. The van der Waals surface area contributed by atoms with E-state index in [1.54, 1.807) is 17.4 Å². The lowest BCUT2D eigenvalue weighted by molar-refractivity contribution is 0.477. The molecule has 0 aliphatic carbocycles. The summed E-state index contributed by atoms with van der Waals surface area (Å²) in [6, 6.07) is 23.2. The lowest BCUT2D eigenvalue weighted by atomic mass is 9.81. The van der Waals surface area contributed by atoms with Crippen molar-refractivity contribution < 1.29 is 5.11 Å². The third-order valence-electron chi connectivity index (χ3n) is 7.53. The number of benzene rings is 3. The van der Waals surface area contributed by atoms with Gasteiger partial charge in [0.25, 0.3) is 0 Å². The number of phenols is 1. The predicted octanol–water partition coefficient (Wildman–Crippen LogP) is 10.3. The van der Waals surface area contributed by atoms with E-state index in [9.17, 15) is 5.11 Å². The van der Waals surface area contributed by atoms with Gasteiger partial charge in [-0.1, -0.05) is 80.5 Å². The second-order valence-electron chi connectivity index (χ2n) is 13.9.